The van der Waals surface area contributed by atoms with Crippen molar-refractivity contribution in [1.29, 1.82) is 0 Å². The molecule has 0 radical (unpaired) electrons. The zero-order valence-corrected chi connectivity index (χ0v) is 12.4. The fourth-order valence-electron chi connectivity index (χ4n) is 2.53. The summed E-state index contributed by atoms with van der Waals surface area (Å²) in [6, 6.07) is 5.25. The molecule has 1 amide bonds. The number of nitrogens with one attached hydrogen (secondary N) is 1. The third kappa shape index (κ3) is 3.63. The van der Waals surface area contributed by atoms with Gasteiger partial charge in [0.2, 0.25) is 5.91 Å². The second kappa shape index (κ2) is 5.71. The third-order valence-corrected chi connectivity index (χ3v) is 3.66. The van der Waals surface area contributed by atoms with Gasteiger partial charge in [-0.1, -0.05) is 13.8 Å². The van der Waals surface area contributed by atoms with E-state index in [4.69, 9.17) is 10.5 Å². The summed E-state index contributed by atoms with van der Waals surface area (Å²) in [5.41, 5.74) is 7.34. The molecule has 1 heterocycles. The van der Waals surface area contributed by atoms with Crippen molar-refractivity contribution in [3.63, 3.8) is 0 Å². The maximum Gasteiger partial charge on any atom is 0.238 e. The van der Waals surface area contributed by atoms with Gasteiger partial charge in [-0.3, -0.25) is 9.69 Å². The number of carbonyl (C=O) groups excluding carboxylic acids is 1. The molecule has 0 aromatic heterocycles. The highest BCUT2D eigenvalue weighted by molar-refractivity contribution is 5.95. The van der Waals surface area contributed by atoms with E-state index in [1.54, 1.807) is 25.3 Å². The van der Waals surface area contributed by atoms with Crippen LogP contribution in [0.3, 0.4) is 0 Å². The number of hydrogen-bond acceptors (Lipinski definition) is 4. The zero-order chi connectivity index (χ0) is 14.8. The highest BCUT2D eigenvalue weighted by atomic mass is 16.5. The highest BCUT2D eigenvalue weighted by Crippen LogP contribution is 2.28. The molecule has 5 nitrogen and oxygen atoms in total. The first-order valence-corrected chi connectivity index (χ1v) is 6.85. The van der Waals surface area contributed by atoms with Gasteiger partial charge in [-0.2, -0.15) is 0 Å². The number of rotatable bonds is 4. The van der Waals surface area contributed by atoms with E-state index < -0.39 is 0 Å². The number of nitrogen functional groups attached to an aromatic ring is 1. The van der Waals surface area contributed by atoms with Crippen LogP contribution in [-0.2, 0) is 4.79 Å². The minimum Gasteiger partial charge on any atom is -0.497 e. The minimum absolute atomic E-state index is 0.0282. The van der Waals surface area contributed by atoms with E-state index in [1.807, 2.05) is 0 Å². The summed E-state index contributed by atoms with van der Waals surface area (Å²) in [4.78, 5) is 14.2. The second-order valence-corrected chi connectivity index (χ2v) is 6.13. The molecule has 1 saturated heterocycles. The monoisotopic (exact) mass is 277 g/mol. The van der Waals surface area contributed by atoms with Gasteiger partial charge in [-0.25, -0.2) is 0 Å². The molecule has 1 fully saturated rings. The first kappa shape index (κ1) is 14.7. The SMILES string of the molecule is COc1ccc(NC(=O)CN2CCC(C)(C)C2)c(N)c1. The van der Waals surface area contributed by atoms with Crippen LogP contribution in [0.15, 0.2) is 18.2 Å². The lowest BCUT2D eigenvalue weighted by Crippen LogP contribution is -2.32. The number of anilines is 2. The van der Waals surface area contributed by atoms with Crippen molar-refractivity contribution >= 4 is 17.3 Å². The van der Waals surface area contributed by atoms with Crippen molar-refractivity contribution in [1.82, 2.24) is 4.90 Å². The third-order valence-electron chi connectivity index (χ3n) is 3.66. The van der Waals surface area contributed by atoms with Crippen LogP contribution in [0, 0.1) is 5.41 Å². The van der Waals surface area contributed by atoms with Crippen LogP contribution < -0.4 is 15.8 Å². The Morgan fingerprint density at radius 1 is 1.50 bits per heavy atom. The Kier molecular flexibility index (Phi) is 4.18. The number of ether oxygens (including phenoxy) is 1. The summed E-state index contributed by atoms with van der Waals surface area (Å²) in [6.45, 7) is 6.80. The summed E-state index contributed by atoms with van der Waals surface area (Å²) >= 11 is 0. The van der Waals surface area contributed by atoms with E-state index in [-0.39, 0.29) is 5.91 Å². The van der Waals surface area contributed by atoms with Gasteiger partial charge in [0.15, 0.2) is 0 Å². The van der Waals surface area contributed by atoms with E-state index in [9.17, 15) is 4.79 Å². The van der Waals surface area contributed by atoms with Gasteiger partial charge in [0, 0.05) is 12.6 Å². The Morgan fingerprint density at radius 2 is 2.25 bits per heavy atom. The molecule has 0 unspecified atom stereocenters. The normalized spacial score (nSPS) is 17.9. The molecule has 0 spiro atoms. The van der Waals surface area contributed by atoms with Gasteiger partial charge in [0.25, 0.3) is 0 Å². The fourth-order valence-corrected chi connectivity index (χ4v) is 2.53. The van der Waals surface area contributed by atoms with Gasteiger partial charge in [0.1, 0.15) is 5.75 Å². The highest BCUT2D eigenvalue weighted by Gasteiger charge is 2.29. The number of amides is 1. The topological polar surface area (TPSA) is 67.6 Å². The molecule has 0 aliphatic carbocycles. The van der Waals surface area contributed by atoms with E-state index in [1.165, 1.54) is 0 Å². The molecule has 0 bridgehead atoms. The van der Waals surface area contributed by atoms with Crippen molar-refractivity contribution in [2.45, 2.75) is 20.3 Å². The number of nitrogens with zero attached hydrogens (tertiary/aromatic N) is 1. The second-order valence-electron chi connectivity index (χ2n) is 6.13. The summed E-state index contributed by atoms with van der Waals surface area (Å²) in [6.07, 6.45) is 1.13. The van der Waals surface area contributed by atoms with Gasteiger partial charge in [-0.05, 0) is 30.5 Å². The molecule has 1 aromatic rings. The molecule has 1 aromatic carbocycles. The van der Waals surface area contributed by atoms with Crippen molar-refractivity contribution in [2.75, 3.05) is 37.8 Å². The maximum atomic E-state index is 12.0. The molecule has 0 atom stereocenters. The number of methoxy groups -OCH3 is 1. The van der Waals surface area contributed by atoms with E-state index in [0.29, 0.717) is 29.1 Å². The van der Waals surface area contributed by atoms with Crippen molar-refractivity contribution in [3.05, 3.63) is 18.2 Å². The molecule has 0 saturated carbocycles. The molecule has 2 rings (SSSR count). The van der Waals surface area contributed by atoms with Crippen molar-refractivity contribution < 1.29 is 9.53 Å². The molecule has 5 heteroatoms. The van der Waals surface area contributed by atoms with Crippen LogP contribution in [0.25, 0.3) is 0 Å². The number of hydrogen-bond donors (Lipinski definition) is 2. The van der Waals surface area contributed by atoms with Crippen LogP contribution in [0.5, 0.6) is 5.75 Å². The molecule has 110 valence electrons. The standard InChI is InChI=1S/C15H23N3O2/c1-15(2)6-7-18(10-15)9-14(19)17-13-5-4-11(20-3)8-12(13)16/h4-5,8H,6-7,9-10,16H2,1-3H3,(H,17,19). The molecule has 20 heavy (non-hydrogen) atoms. The Labute approximate surface area is 120 Å². The van der Waals surface area contributed by atoms with Gasteiger partial charge in [0.05, 0.1) is 25.0 Å². The number of benzene rings is 1. The van der Waals surface area contributed by atoms with Crippen molar-refractivity contribution in [2.24, 2.45) is 5.41 Å². The Morgan fingerprint density at radius 3 is 2.80 bits per heavy atom. The maximum absolute atomic E-state index is 12.0. The van der Waals surface area contributed by atoms with Gasteiger partial charge < -0.3 is 15.8 Å². The lowest BCUT2D eigenvalue weighted by molar-refractivity contribution is -0.117. The first-order valence-electron chi connectivity index (χ1n) is 6.85. The van der Waals surface area contributed by atoms with Crippen LogP contribution in [-0.4, -0.2) is 37.6 Å². The quantitative estimate of drug-likeness (QED) is 0.825. The van der Waals surface area contributed by atoms with Crippen LogP contribution in [0.4, 0.5) is 11.4 Å². The van der Waals surface area contributed by atoms with Crippen LogP contribution >= 0.6 is 0 Å². The van der Waals surface area contributed by atoms with Gasteiger partial charge in [-0.15, -0.1) is 0 Å². The zero-order valence-electron chi connectivity index (χ0n) is 12.4. The molecule has 3 N–H and O–H groups in total. The smallest absolute Gasteiger partial charge is 0.238 e. The summed E-state index contributed by atoms with van der Waals surface area (Å²) in [5, 5.41) is 2.85. The number of carbonyl (C=O) groups is 1. The summed E-state index contributed by atoms with van der Waals surface area (Å²) < 4.78 is 5.08. The Balaban J connectivity index is 1.92. The van der Waals surface area contributed by atoms with E-state index >= 15 is 0 Å². The molecular formula is C15H23N3O2. The molecule has 1 aliphatic rings. The summed E-state index contributed by atoms with van der Waals surface area (Å²) in [5.74, 6) is 0.654. The van der Waals surface area contributed by atoms with E-state index in [2.05, 4.69) is 24.1 Å². The van der Waals surface area contributed by atoms with Crippen LogP contribution in [0.2, 0.25) is 0 Å². The molecular weight excluding hydrogens is 254 g/mol. The average molecular weight is 277 g/mol. The van der Waals surface area contributed by atoms with Crippen LogP contribution in [0.1, 0.15) is 20.3 Å². The first-order chi connectivity index (χ1) is 9.39. The predicted octanol–water partition coefficient (Wildman–Crippen LogP) is 1.95. The fraction of sp³-hybridized carbons (Fsp3) is 0.533. The van der Waals surface area contributed by atoms with Gasteiger partial charge >= 0.3 is 0 Å². The number of nitrogens with two attached hydrogens (primary N) is 1. The Hall–Kier alpha value is -1.75. The number of likely N-dealkylation sites (tertiary alicyclic amines) is 1. The van der Waals surface area contributed by atoms with Crippen molar-refractivity contribution in [3.8, 4) is 5.75 Å². The molecule has 1 aliphatic heterocycles. The minimum atomic E-state index is -0.0282. The predicted molar refractivity (Wildman–Crippen MR) is 80.9 cm³/mol. The largest absolute Gasteiger partial charge is 0.497 e. The Bertz CT molecular complexity index is 500. The summed E-state index contributed by atoms with van der Waals surface area (Å²) in [7, 11) is 1.59. The lowest BCUT2D eigenvalue weighted by atomic mass is 9.93. The lowest BCUT2D eigenvalue weighted by Gasteiger charge is -2.19. The average Bonchev–Trinajstić information content (AvgIpc) is 2.71. The van der Waals surface area contributed by atoms with E-state index in [0.717, 1.165) is 19.5 Å².